The Bertz CT molecular complexity index is 1080. The van der Waals surface area contributed by atoms with Crippen molar-refractivity contribution in [3.05, 3.63) is 83.7 Å². The molecular formula is C21H22N2O5S. The number of sulfonamides is 1. The quantitative estimate of drug-likeness (QED) is 0.571. The largest absolute Gasteiger partial charge is 0.468 e. The lowest BCUT2D eigenvalue weighted by molar-refractivity contribution is -0.125. The Kier molecular flexibility index (Phi) is 6.36. The Morgan fingerprint density at radius 2 is 1.86 bits per heavy atom. The zero-order valence-electron chi connectivity index (χ0n) is 16.2. The van der Waals surface area contributed by atoms with Gasteiger partial charge in [-0.15, -0.1) is 0 Å². The second-order valence-corrected chi connectivity index (χ2v) is 8.28. The normalized spacial score (nSPS) is 11.8. The molecule has 8 heteroatoms. The molecule has 0 fully saturated rings. The lowest BCUT2D eigenvalue weighted by Crippen LogP contribution is -2.23. The van der Waals surface area contributed by atoms with Crippen LogP contribution in [0.1, 0.15) is 22.8 Å². The number of nitrogens with one attached hydrogen (secondary N) is 1. The summed E-state index contributed by atoms with van der Waals surface area (Å²) in [5.74, 6) is 1.85. The summed E-state index contributed by atoms with van der Waals surface area (Å²) in [6.07, 6.45) is 4.56. The van der Waals surface area contributed by atoms with Crippen molar-refractivity contribution in [1.29, 1.82) is 0 Å². The predicted molar refractivity (Wildman–Crippen MR) is 108 cm³/mol. The minimum absolute atomic E-state index is 0.0764. The van der Waals surface area contributed by atoms with E-state index in [1.54, 1.807) is 37.4 Å². The summed E-state index contributed by atoms with van der Waals surface area (Å²) < 4.78 is 37.7. The molecule has 0 bridgehead atoms. The fourth-order valence-electron chi connectivity index (χ4n) is 2.60. The van der Waals surface area contributed by atoms with Crippen LogP contribution in [0.2, 0.25) is 0 Å². The standard InChI is InChI=1S/C21H22N2O5S/c1-16-5-9-19(28-16)15-23(2)21(24)12-8-17-6-10-20(11-7-17)29(25,26)22-14-18-4-3-13-27-18/h3-13,22H,14-15H2,1-2H3/b12-8+. The van der Waals surface area contributed by atoms with Gasteiger partial charge >= 0.3 is 0 Å². The van der Waals surface area contributed by atoms with Crippen molar-refractivity contribution in [2.24, 2.45) is 0 Å². The van der Waals surface area contributed by atoms with Crippen molar-refractivity contribution in [2.45, 2.75) is 24.9 Å². The van der Waals surface area contributed by atoms with Gasteiger partial charge in [-0.3, -0.25) is 4.79 Å². The van der Waals surface area contributed by atoms with E-state index in [2.05, 4.69) is 4.72 Å². The number of carbonyl (C=O) groups is 1. The molecule has 0 aliphatic rings. The third-order valence-electron chi connectivity index (χ3n) is 4.19. The van der Waals surface area contributed by atoms with Crippen LogP contribution in [0.4, 0.5) is 0 Å². The highest BCUT2D eigenvalue weighted by molar-refractivity contribution is 7.89. The van der Waals surface area contributed by atoms with E-state index in [0.29, 0.717) is 23.6 Å². The highest BCUT2D eigenvalue weighted by Gasteiger charge is 2.14. The van der Waals surface area contributed by atoms with E-state index in [1.165, 1.54) is 29.4 Å². The zero-order valence-corrected chi connectivity index (χ0v) is 17.0. The zero-order chi connectivity index (χ0) is 20.9. The van der Waals surface area contributed by atoms with Crippen LogP contribution in [-0.2, 0) is 27.9 Å². The van der Waals surface area contributed by atoms with E-state index in [1.807, 2.05) is 19.1 Å². The number of hydrogen-bond acceptors (Lipinski definition) is 5. The average Bonchev–Trinajstić information content (AvgIpc) is 3.36. The predicted octanol–water partition coefficient (Wildman–Crippen LogP) is 3.33. The summed E-state index contributed by atoms with van der Waals surface area (Å²) in [5, 5.41) is 0. The first-order chi connectivity index (χ1) is 13.8. The van der Waals surface area contributed by atoms with E-state index in [-0.39, 0.29) is 17.3 Å². The summed E-state index contributed by atoms with van der Waals surface area (Å²) >= 11 is 0. The smallest absolute Gasteiger partial charge is 0.246 e. The summed E-state index contributed by atoms with van der Waals surface area (Å²) in [6.45, 7) is 2.30. The van der Waals surface area contributed by atoms with E-state index >= 15 is 0 Å². The fourth-order valence-corrected chi connectivity index (χ4v) is 3.59. The molecule has 1 N–H and O–H groups in total. The van der Waals surface area contributed by atoms with Crippen LogP contribution in [0.5, 0.6) is 0 Å². The summed E-state index contributed by atoms with van der Waals surface area (Å²) in [5.41, 5.74) is 0.713. The Labute approximate surface area is 169 Å². The number of amides is 1. The first-order valence-electron chi connectivity index (χ1n) is 8.94. The van der Waals surface area contributed by atoms with Crippen LogP contribution in [0.3, 0.4) is 0 Å². The lowest BCUT2D eigenvalue weighted by Gasteiger charge is -2.13. The Morgan fingerprint density at radius 1 is 1.10 bits per heavy atom. The van der Waals surface area contributed by atoms with Gasteiger partial charge in [0, 0.05) is 13.1 Å². The molecule has 0 atom stereocenters. The number of aryl methyl sites for hydroxylation is 1. The van der Waals surface area contributed by atoms with Crippen molar-refractivity contribution in [2.75, 3.05) is 7.05 Å². The number of nitrogens with zero attached hydrogens (tertiary/aromatic N) is 1. The van der Waals surface area contributed by atoms with Gasteiger partial charge in [-0.25, -0.2) is 13.1 Å². The highest BCUT2D eigenvalue weighted by Crippen LogP contribution is 2.13. The van der Waals surface area contributed by atoms with Gasteiger partial charge in [0.1, 0.15) is 17.3 Å². The van der Waals surface area contributed by atoms with Crippen molar-refractivity contribution in [3.8, 4) is 0 Å². The molecule has 0 saturated heterocycles. The lowest BCUT2D eigenvalue weighted by atomic mass is 10.2. The molecule has 3 aromatic rings. The third kappa shape index (κ3) is 5.69. The summed E-state index contributed by atoms with van der Waals surface area (Å²) in [4.78, 5) is 13.9. The minimum atomic E-state index is -3.65. The van der Waals surface area contributed by atoms with Crippen molar-refractivity contribution < 1.29 is 22.0 Å². The molecule has 0 saturated carbocycles. The Morgan fingerprint density at radius 3 is 2.48 bits per heavy atom. The average molecular weight is 414 g/mol. The number of rotatable bonds is 8. The van der Waals surface area contributed by atoms with Gasteiger partial charge in [-0.1, -0.05) is 12.1 Å². The second-order valence-electron chi connectivity index (χ2n) is 6.51. The number of likely N-dealkylation sites (N-methyl/N-ethyl adjacent to an activating group) is 1. The van der Waals surface area contributed by atoms with E-state index in [4.69, 9.17) is 8.83 Å². The van der Waals surface area contributed by atoms with Gasteiger partial charge < -0.3 is 13.7 Å². The minimum Gasteiger partial charge on any atom is -0.468 e. The molecule has 0 spiro atoms. The topological polar surface area (TPSA) is 92.8 Å². The third-order valence-corrected chi connectivity index (χ3v) is 5.61. The molecule has 0 aliphatic carbocycles. The highest BCUT2D eigenvalue weighted by atomic mass is 32.2. The maximum Gasteiger partial charge on any atom is 0.246 e. The molecule has 152 valence electrons. The molecule has 0 aliphatic heterocycles. The van der Waals surface area contributed by atoms with Gasteiger partial charge in [-0.05, 0) is 55.0 Å². The van der Waals surface area contributed by atoms with Crippen molar-refractivity contribution in [3.63, 3.8) is 0 Å². The monoisotopic (exact) mass is 414 g/mol. The SMILES string of the molecule is Cc1ccc(CN(C)C(=O)/C=C/c2ccc(S(=O)(=O)NCc3ccco3)cc2)o1. The molecule has 3 rings (SSSR count). The number of furan rings is 2. The maximum atomic E-state index is 12.3. The number of hydrogen-bond donors (Lipinski definition) is 1. The molecule has 0 radical (unpaired) electrons. The summed E-state index contributed by atoms with van der Waals surface area (Å²) in [6, 6.07) is 13.3. The van der Waals surface area contributed by atoms with Crippen LogP contribution in [0.15, 0.2) is 74.6 Å². The Balaban J connectivity index is 1.58. The molecule has 0 unspecified atom stereocenters. The summed E-state index contributed by atoms with van der Waals surface area (Å²) in [7, 11) is -1.96. The van der Waals surface area contributed by atoms with Gasteiger partial charge in [-0.2, -0.15) is 0 Å². The van der Waals surface area contributed by atoms with Crippen LogP contribution >= 0.6 is 0 Å². The van der Waals surface area contributed by atoms with Crippen LogP contribution in [0, 0.1) is 6.92 Å². The molecule has 1 aromatic carbocycles. The van der Waals surface area contributed by atoms with E-state index in [9.17, 15) is 13.2 Å². The van der Waals surface area contributed by atoms with Crippen molar-refractivity contribution >= 4 is 22.0 Å². The Hall–Kier alpha value is -3.10. The van der Waals surface area contributed by atoms with Crippen LogP contribution in [-0.4, -0.2) is 26.3 Å². The van der Waals surface area contributed by atoms with Crippen LogP contribution < -0.4 is 4.72 Å². The van der Waals surface area contributed by atoms with E-state index in [0.717, 1.165) is 5.76 Å². The number of benzene rings is 1. The molecule has 2 aromatic heterocycles. The number of carbonyl (C=O) groups excluding carboxylic acids is 1. The van der Waals surface area contributed by atoms with Gasteiger partial charge in [0.2, 0.25) is 15.9 Å². The molecule has 7 nitrogen and oxygen atoms in total. The molecule has 2 heterocycles. The maximum absolute atomic E-state index is 12.3. The van der Waals surface area contributed by atoms with Gasteiger partial charge in [0.25, 0.3) is 0 Å². The van der Waals surface area contributed by atoms with Crippen molar-refractivity contribution in [1.82, 2.24) is 9.62 Å². The molecular weight excluding hydrogens is 392 g/mol. The first-order valence-corrected chi connectivity index (χ1v) is 10.4. The van der Waals surface area contributed by atoms with Gasteiger partial charge in [0.05, 0.1) is 24.2 Å². The fraction of sp³-hybridized carbons (Fsp3) is 0.190. The molecule has 1 amide bonds. The van der Waals surface area contributed by atoms with E-state index < -0.39 is 10.0 Å². The second kappa shape index (κ2) is 8.93. The first kappa shape index (κ1) is 20.6. The van der Waals surface area contributed by atoms with Crippen LogP contribution in [0.25, 0.3) is 6.08 Å². The van der Waals surface area contributed by atoms with Gasteiger partial charge in [0.15, 0.2) is 0 Å². The molecule has 29 heavy (non-hydrogen) atoms.